The first kappa shape index (κ1) is 16.9. The second-order valence-electron chi connectivity index (χ2n) is 5.59. The molecule has 7 heteroatoms. The predicted octanol–water partition coefficient (Wildman–Crippen LogP) is 3.82. The Kier molecular flexibility index (Phi) is 5.11. The van der Waals surface area contributed by atoms with Crippen molar-refractivity contribution in [3.63, 3.8) is 0 Å². The van der Waals surface area contributed by atoms with Gasteiger partial charge >= 0.3 is 0 Å². The number of likely N-dealkylation sites (tertiary alicyclic amines) is 1. The van der Waals surface area contributed by atoms with E-state index in [2.05, 4.69) is 4.98 Å². The molecule has 0 atom stereocenters. The van der Waals surface area contributed by atoms with Crippen LogP contribution in [0.3, 0.4) is 0 Å². The standard InChI is InChI=1S/C17H16Cl2N2O3/c18-12-3-4-16(13(19)8-12)24-10-15(22)11-7-14(20-9-11)17(23)21-5-1-2-6-21/h3-4,7-9,20H,1-2,5-6,10H2. The van der Waals surface area contributed by atoms with E-state index in [1.165, 1.54) is 6.20 Å². The van der Waals surface area contributed by atoms with Gasteiger partial charge < -0.3 is 14.6 Å². The largest absolute Gasteiger partial charge is 0.484 e. The van der Waals surface area contributed by atoms with Gasteiger partial charge in [-0.05, 0) is 37.1 Å². The molecule has 24 heavy (non-hydrogen) atoms. The third-order valence-electron chi connectivity index (χ3n) is 3.88. The van der Waals surface area contributed by atoms with Crippen LogP contribution >= 0.6 is 23.2 Å². The van der Waals surface area contributed by atoms with Crippen molar-refractivity contribution in [3.05, 3.63) is 51.8 Å². The quantitative estimate of drug-likeness (QED) is 0.818. The molecule has 5 nitrogen and oxygen atoms in total. The molecule has 1 aromatic carbocycles. The zero-order valence-corrected chi connectivity index (χ0v) is 14.4. The third kappa shape index (κ3) is 3.74. The summed E-state index contributed by atoms with van der Waals surface area (Å²) in [6.07, 6.45) is 3.57. The van der Waals surface area contributed by atoms with Crippen LogP contribution in [0.25, 0.3) is 0 Å². The molecule has 2 aromatic rings. The lowest BCUT2D eigenvalue weighted by Gasteiger charge is -2.13. The number of ketones is 1. The predicted molar refractivity (Wildman–Crippen MR) is 92.2 cm³/mol. The van der Waals surface area contributed by atoms with Gasteiger partial charge in [0.1, 0.15) is 11.4 Å². The van der Waals surface area contributed by atoms with Gasteiger partial charge in [-0.3, -0.25) is 9.59 Å². The highest BCUT2D eigenvalue weighted by Gasteiger charge is 2.21. The average molecular weight is 367 g/mol. The summed E-state index contributed by atoms with van der Waals surface area (Å²) in [5.41, 5.74) is 0.826. The lowest BCUT2D eigenvalue weighted by atomic mass is 10.2. The Morgan fingerprint density at radius 2 is 1.92 bits per heavy atom. The highest BCUT2D eigenvalue weighted by molar-refractivity contribution is 6.35. The fraction of sp³-hybridized carbons (Fsp3) is 0.294. The minimum Gasteiger partial charge on any atom is -0.484 e. The molecular weight excluding hydrogens is 351 g/mol. The molecule has 1 fully saturated rings. The normalized spacial score (nSPS) is 14.0. The van der Waals surface area contributed by atoms with E-state index >= 15 is 0 Å². The maximum atomic E-state index is 12.3. The summed E-state index contributed by atoms with van der Waals surface area (Å²) in [5, 5.41) is 0.837. The van der Waals surface area contributed by atoms with Crippen LogP contribution in [0.1, 0.15) is 33.7 Å². The first-order chi connectivity index (χ1) is 11.5. The summed E-state index contributed by atoms with van der Waals surface area (Å²) < 4.78 is 5.43. The molecule has 0 aliphatic carbocycles. The third-order valence-corrected chi connectivity index (χ3v) is 4.41. The van der Waals surface area contributed by atoms with Crippen LogP contribution in [0.2, 0.25) is 10.0 Å². The smallest absolute Gasteiger partial charge is 0.270 e. The monoisotopic (exact) mass is 366 g/mol. The van der Waals surface area contributed by atoms with E-state index in [0.29, 0.717) is 27.1 Å². The molecule has 0 unspecified atom stereocenters. The number of rotatable bonds is 5. The van der Waals surface area contributed by atoms with Crippen molar-refractivity contribution in [3.8, 4) is 5.75 Å². The Labute approximate surface area is 149 Å². The van der Waals surface area contributed by atoms with Gasteiger partial charge in [0.2, 0.25) is 5.78 Å². The van der Waals surface area contributed by atoms with Crippen molar-refractivity contribution >= 4 is 34.9 Å². The summed E-state index contributed by atoms with van der Waals surface area (Å²) in [4.78, 5) is 29.1. The van der Waals surface area contributed by atoms with E-state index < -0.39 is 0 Å². The number of aromatic amines is 1. The molecule has 126 valence electrons. The molecule has 1 aromatic heterocycles. The van der Waals surface area contributed by atoms with Gasteiger partial charge in [-0.2, -0.15) is 0 Å². The lowest BCUT2D eigenvalue weighted by molar-refractivity contribution is 0.0787. The van der Waals surface area contributed by atoms with E-state index in [4.69, 9.17) is 27.9 Å². The molecule has 1 N–H and O–H groups in total. The van der Waals surface area contributed by atoms with Crippen LogP contribution in [-0.2, 0) is 0 Å². The topological polar surface area (TPSA) is 62.4 Å². The van der Waals surface area contributed by atoms with Gasteiger partial charge in [-0.15, -0.1) is 0 Å². The highest BCUT2D eigenvalue weighted by Crippen LogP contribution is 2.27. The van der Waals surface area contributed by atoms with Crippen LogP contribution in [-0.4, -0.2) is 41.3 Å². The van der Waals surface area contributed by atoms with Crippen molar-refractivity contribution in [1.82, 2.24) is 9.88 Å². The summed E-state index contributed by atoms with van der Waals surface area (Å²) in [7, 11) is 0. The number of nitrogens with one attached hydrogen (secondary N) is 1. The first-order valence-electron chi connectivity index (χ1n) is 7.63. The minimum absolute atomic E-state index is 0.0757. The number of halogens is 2. The van der Waals surface area contributed by atoms with Gasteiger partial charge in [-0.1, -0.05) is 23.2 Å². The Morgan fingerprint density at radius 3 is 2.62 bits per heavy atom. The number of aromatic nitrogens is 1. The van der Waals surface area contributed by atoms with E-state index in [-0.39, 0.29) is 18.3 Å². The van der Waals surface area contributed by atoms with Gasteiger partial charge in [0, 0.05) is 29.9 Å². The van der Waals surface area contributed by atoms with Crippen molar-refractivity contribution in [2.24, 2.45) is 0 Å². The molecule has 1 amide bonds. The van der Waals surface area contributed by atoms with E-state index in [1.807, 2.05) is 0 Å². The van der Waals surface area contributed by atoms with Crippen molar-refractivity contribution in [1.29, 1.82) is 0 Å². The zero-order valence-electron chi connectivity index (χ0n) is 12.9. The number of nitrogens with zero attached hydrogens (tertiary/aromatic N) is 1. The summed E-state index contributed by atoms with van der Waals surface area (Å²) in [5.74, 6) is 0.0734. The Bertz CT molecular complexity index is 767. The van der Waals surface area contributed by atoms with Gasteiger partial charge in [0.15, 0.2) is 6.61 Å². The first-order valence-corrected chi connectivity index (χ1v) is 8.39. The number of Topliss-reactive ketones (excluding diaryl/α,β-unsaturated/α-hetero) is 1. The van der Waals surface area contributed by atoms with E-state index in [9.17, 15) is 9.59 Å². The maximum absolute atomic E-state index is 12.3. The number of carbonyl (C=O) groups excluding carboxylic acids is 2. The summed E-state index contributed by atoms with van der Waals surface area (Å²) in [6.45, 7) is 1.36. The molecular formula is C17H16Cl2N2O3. The molecule has 0 bridgehead atoms. The van der Waals surface area contributed by atoms with Crippen LogP contribution in [0.5, 0.6) is 5.75 Å². The molecule has 1 saturated heterocycles. The number of benzene rings is 1. The number of hydrogen-bond acceptors (Lipinski definition) is 3. The fourth-order valence-corrected chi connectivity index (χ4v) is 3.05. The Morgan fingerprint density at radius 1 is 1.17 bits per heavy atom. The van der Waals surface area contributed by atoms with Crippen molar-refractivity contribution in [2.45, 2.75) is 12.8 Å². The van der Waals surface area contributed by atoms with Gasteiger partial charge in [-0.25, -0.2) is 0 Å². The molecule has 2 heterocycles. The van der Waals surface area contributed by atoms with Crippen LogP contribution in [0.4, 0.5) is 0 Å². The number of H-pyrrole nitrogens is 1. The average Bonchev–Trinajstić information content (AvgIpc) is 3.25. The molecule has 1 aliphatic rings. The zero-order chi connectivity index (χ0) is 17.1. The number of ether oxygens (including phenoxy) is 1. The van der Waals surface area contributed by atoms with Crippen LogP contribution < -0.4 is 4.74 Å². The summed E-state index contributed by atoms with van der Waals surface area (Å²) >= 11 is 11.8. The molecule has 0 radical (unpaired) electrons. The van der Waals surface area contributed by atoms with E-state index in [1.54, 1.807) is 29.2 Å². The van der Waals surface area contributed by atoms with Crippen LogP contribution in [0.15, 0.2) is 30.5 Å². The summed E-state index contributed by atoms with van der Waals surface area (Å²) in [6, 6.07) is 6.36. The molecule has 0 spiro atoms. The van der Waals surface area contributed by atoms with Gasteiger partial charge in [0.05, 0.1) is 5.02 Å². The van der Waals surface area contributed by atoms with Crippen LogP contribution in [0, 0.1) is 0 Å². The second kappa shape index (κ2) is 7.28. The Balaban J connectivity index is 1.62. The second-order valence-corrected chi connectivity index (χ2v) is 6.43. The maximum Gasteiger partial charge on any atom is 0.270 e. The molecule has 1 aliphatic heterocycles. The number of amides is 1. The molecule has 3 rings (SSSR count). The number of hydrogen-bond donors (Lipinski definition) is 1. The fourth-order valence-electron chi connectivity index (χ4n) is 2.59. The lowest BCUT2D eigenvalue weighted by Crippen LogP contribution is -2.27. The minimum atomic E-state index is -0.238. The Hall–Kier alpha value is -1.98. The van der Waals surface area contributed by atoms with Gasteiger partial charge in [0.25, 0.3) is 5.91 Å². The SMILES string of the molecule is O=C(COc1ccc(Cl)cc1Cl)c1c[nH]c(C(=O)N2CCCC2)c1. The molecule has 0 saturated carbocycles. The van der Waals surface area contributed by atoms with Crippen molar-refractivity contribution < 1.29 is 14.3 Å². The number of carbonyl (C=O) groups is 2. The highest BCUT2D eigenvalue weighted by atomic mass is 35.5. The van der Waals surface area contributed by atoms with E-state index in [0.717, 1.165) is 25.9 Å². The van der Waals surface area contributed by atoms with Crippen molar-refractivity contribution in [2.75, 3.05) is 19.7 Å².